The van der Waals surface area contributed by atoms with Crippen LogP contribution in [0, 0.1) is 5.41 Å². The van der Waals surface area contributed by atoms with Gasteiger partial charge in [-0.05, 0) is 31.1 Å². The topological polar surface area (TPSA) is 55.1 Å². The summed E-state index contributed by atoms with van der Waals surface area (Å²) >= 11 is 0. The first-order valence-corrected chi connectivity index (χ1v) is 7.04. The lowest BCUT2D eigenvalue weighted by Crippen LogP contribution is -2.57. The van der Waals surface area contributed by atoms with Gasteiger partial charge in [-0.15, -0.1) is 0 Å². The number of rotatable bonds is 2. The maximum Gasteiger partial charge on any atom is 0.240 e. The molecule has 0 saturated heterocycles. The van der Waals surface area contributed by atoms with Crippen LogP contribution in [0.4, 0.5) is 0 Å². The lowest BCUT2D eigenvalue weighted by atomic mass is 9.73. The second-order valence-electron chi connectivity index (χ2n) is 6.62. The maximum absolute atomic E-state index is 12.3. The summed E-state index contributed by atoms with van der Waals surface area (Å²) in [6, 6.07) is 0.310. The smallest absolute Gasteiger partial charge is 0.240 e. The molecule has 98 valence electrons. The van der Waals surface area contributed by atoms with E-state index >= 15 is 0 Å². The van der Waals surface area contributed by atoms with Gasteiger partial charge in [0.25, 0.3) is 0 Å². The van der Waals surface area contributed by atoms with E-state index in [0.717, 1.165) is 32.1 Å². The Morgan fingerprint density at radius 2 is 1.71 bits per heavy atom. The van der Waals surface area contributed by atoms with Crippen molar-refractivity contribution in [2.45, 2.75) is 76.8 Å². The number of hydrogen-bond donors (Lipinski definition) is 2. The molecule has 0 heterocycles. The zero-order chi connectivity index (χ0) is 12.5. The molecule has 2 aliphatic carbocycles. The zero-order valence-electron chi connectivity index (χ0n) is 11.2. The van der Waals surface area contributed by atoms with Crippen molar-refractivity contribution < 1.29 is 4.79 Å². The van der Waals surface area contributed by atoms with Crippen molar-refractivity contribution in [3.63, 3.8) is 0 Å². The zero-order valence-corrected chi connectivity index (χ0v) is 11.2. The molecule has 0 spiro atoms. The van der Waals surface area contributed by atoms with E-state index in [9.17, 15) is 4.79 Å². The highest BCUT2D eigenvalue weighted by Gasteiger charge is 2.40. The van der Waals surface area contributed by atoms with Crippen LogP contribution in [-0.4, -0.2) is 17.5 Å². The van der Waals surface area contributed by atoms with Crippen LogP contribution < -0.4 is 11.1 Å². The molecule has 1 atom stereocenters. The Morgan fingerprint density at radius 1 is 1.12 bits per heavy atom. The minimum Gasteiger partial charge on any atom is -0.351 e. The quantitative estimate of drug-likeness (QED) is 0.776. The van der Waals surface area contributed by atoms with Crippen molar-refractivity contribution in [1.82, 2.24) is 5.32 Å². The van der Waals surface area contributed by atoms with Crippen LogP contribution in [0.15, 0.2) is 0 Å². The number of nitrogens with two attached hydrogens (primary N) is 1. The molecule has 0 bridgehead atoms. The summed E-state index contributed by atoms with van der Waals surface area (Å²) in [6.45, 7) is 4.52. The molecule has 0 aliphatic heterocycles. The highest BCUT2D eigenvalue weighted by atomic mass is 16.2. The third-order valence-corrected chi connectivity index (χ3v) is 4.76. The number of nitrogens with one attached hydrogen (secondary N) is 1. The van der Waals surface area contributed by atoms with Crippen LogP contribution in [-0.2, 0) is 4.79 Å². The van der Waals surface area contributed by atoms with Gasteiger partial charge in [0.15, 0.2) is 0 Å². The van der Waals surface area contributed by atoms with E-state index in [1.807, 2.05) is 0 Å². The van der Waals surface area contributed by atoms with Crippen molar-refractivity contribution in [3.8, 4) is 0 Å². The number of carbonyl (C=O) groups excluding carboxylic acids is 1. The molecule has 17 heavy (non-hydrogen) atoms. The second-order valence-corrected chi connectivity index (χ2v) is 6.62. The Bertz CT molecular complexity index is 293. The van der Waals surface area contributed by atoms with Gasteiger partial charge in [0.05, 0.1) is 5.54 Å². The van der Waals surface area contributed by atoms with Crippen molar-refractivity contribution in [3.05, 3.63) is 0 Å². The SMILES string of the molecule is CC1(C)CCCCC1NC(=O)C1(N)CCCC1. The molecular weight excluding hydrogens is 212 g/mol. The Labute approximate surface area is 105 Å². The van der Waals surface area contributed by atoms with E-state index in [4.69, 9.17) is 5.73 Å². The molecule has 3 N–H and O–H groups in total. The van der Waals surface area contributed by atoms with Gasteiger partial charge in [-0.25, -0.2) is 0 Å². The van der Waals surface area contributed by atoms with Crippen molar-refractivity contribution in [1.29, 1.82) is 0 Å². The normalized spacial score (nSPS) is 31.1. The van der Waals surface area contributed by atoms with Crippen LogP contribution in [0.5, 0.6) is 0 Å². The van der Waals surface area contributed by atoms with Crippen molar-refractivity contribution in [2.24, 2.45) is 11.1 Å². The maximum atomic E-state index is 12.3. The van der Waals surface area contributed by atoms with E-state index in [-0.39, 0.29) is 11.3 Å². The Hall–Kier alpha value is -0.570. The second kappa shape index (κ2) is 4.60. The first-order chi connectivity index (χ1) is 7.94. The molecule has 0 aromatic rings. The average molecular weight is 238 g/mol. The fourth-order valence-electron chi connectivity index (χ4n) is 3.30. The summed E-state index contributed by atoms with van der Waals surface area (Å²) < 4.78 is 0. The Balaban J connectivity index is 1.98. The predicted octanol–water partition coefficient (Wildman–Crippen LogP) is 2.34. The molecule has 2 aliphatic rings. The van der Waals surface area contributed by atoms with Gasteiger partial charge >= 0.3 is 0 Å². The largest absolute Gasteiger partial charge is 0.351 e. The fraction of sp³-hybridized carbons (Fsp3) is 0.929. The van der Waals surface area contributed by atoms with E-state index in [1.54, 1.807) is 0 Å². The van der Waals surface area contributed by atoms with E-state index in [1.165, 1.54) is 19.3 Å². The monoisotopic (exact) mass is 238 g/mol. The van der Waals surface area contributed by atoms with Crippen LogP contribution >= 0.6 is 0 Å². The van der Waals surface area contributed by atoms with Gasteiger partial charge in [-0.1, -0.05) is 39.5 Å². The number of carbonyl (C=O) groups is 1. The molecular formula is C14H26N2O. The van der Waals surface area contributed by atoms with Gasteiger partial charge in [0, 0.05) is 6.04 Å². The highest BCUT2D eigenvalue weighted by molar-refractivity contribution is 5.86. The molecule has 3 heteroatoms. The highest BCUT2D eigenvalue weighted by Crippen LogP contribution is 2.36. The minimum atomic E-state index is -0.576. The summed E-state index contributed by atoms with van der Waals surface area (Å²) in [5, 5.41) is 3.23. The van der Waals surface area contributed by atoms with E-state index < -0.39 is 5.54 Å². The third kappa shape index (κ3) is 2.65. The van der Waals surface area contributed by atoms with Crippen molar-refractivity contribution in [2.75, 3.05) is 0 Å². The van der Waals surface area contributed by atoms with Crippen LogP contribution in [0.1, 0.15) is 65.2 Å². The lowest BCUT2D eigenvalue weighted by molar-refractivity contribution is -0.128. The fourth-order valence-corrected chi connectivity index (χ4v) is 3.30. The van der Waals surface area contributed by atoms with E-state index in [2.05, 4.69) is 19.2 Å². The van der Waals surface area contributed by atoms with Gasteiger partial charge in [-0.3, -0.25) is 4.79 Å². The molecule has 0 aromatic heterocycles. The predicted molar refractivity (Wildman–Crippen MR) is 69.6 cm³/mol. The molecule has 1 unspecified atom stereocenters. The van der Waals surface area contributed by atoms with Crippen LogP contribution in [0.2, 0.25) is 0 Å². The molecule has 2 rings (SSSR count). The molecule has 3 nitrogen and oxygen atoms in total. The standard InChI is InChI=1S/C14H26N2O/c1-13(2)8-4-3-7-11(13)16-12(17)14(15)9-5-6-10-14/h11H,3-10,15H2,1-2H3,(H,16,17). The summed E-state index contributed by atoms with van der Waals surface area (Å²) in [7, 11) is 0. The summed E-state index contributed by atoms with van der Waals surface area (Å²) in [4.78, 5) is 12.3. The number of amides is 1. The van der Waals surface area contributed by atoms with Crippen LogP contribution in [0.3, 0.4) is 0 Å². The summed E-state index contributed by atoms with van der Waals surface area (Å²) in [5.74, 6) is 0.0926. The van der Waals surface area contributed by atoms with Crippen LogP contribution in [0.25, 0.3) is 0 Å². The Kier molecular flexibility index (Phi) is 3.48. The average Bonchev–Trinajstić information content (AvgIpc) is 2.69. The van der Waals surface area contributed by atoms with Gasteiger partial charge in [-0.2, -0.15) is 0 Å². The molecule has 0 aromatic carbocycles. The summed E-state index contributed by atoms with van der Waals surface area (Å²) in [6.07, 6.45) is 8.72. The third-order valence-electron chi connectivity index (χ3n) is 4.76. The number of hydrogen-bond acceptors (Lipinski definition) is 2. The van der Waals surface area contributed by atoms with Gasteiger partial charge in [0.2, 0.25) is 5.91 Å². The molecule has 0 radical (unpaired) electrons. The lowest BCUT2D eigenvalue weighted by Gasteiger charge is -2.40. The van der Waals surface area contributed by atoms with E-state index in [0.29, 0.717) is 6.04 Å². The first kappa shape index (κ1) is 12.9. The van der Waals surface area contributed by atoms with Gasteiger partial charge in [0.1, 0.15) is 0 Å². The Morgan fingerprint density at radius 3 is 2.29 bits per heavy atom. The molecule has 2 saturated carbocycles. The van der Waals surface area contributed by atoms with Gasteiger partial charge < -0.3 is 11.1 Å². The minimum absolute atomic E-state index is 0.0926. The summed E-state index contributed by atoms with van der Waals surface area (Å²) in [5.41, 5.74) is 5.85. The van der Waals surface area contributed by atoms with Crippen molar-refractivity contribution >= 4 is 5.91 Å². The molecule has 1 amide bonds. The molecule has 2 fully saturated rings. The first-order valence-electron chi connectivity index (χ1n) is 7.04.